The Hall–Kier alpha value is -3.69. The molecule has 0 saturated heterocycles. The van der Waals surface area contributed by atoms with Crippen LogP contribution in [-0.2, 0) is 17.5 Å². The van der Waals surface area contributed by atoms with Crippen molar-refractivity contribution < 1.29 is 32.2 Å². The van der Waals surface area contributed by atoms with E-state index in [0.29, 0.717) is 28.6 Å². The molecule has 1 atom stereocenters. The Labute approximate surface area is 180 Å². The van der Waals surface area contributed by atoms with Crippen LogP contribution in [0.4, 0.5) is 19.0 Å². The summed E-state index contributed by atoms with van der Waals surface area (Å²) in [5.41, 5.74) is 0.794. The number of methoxy groups -OCH3 is 1. The van der Waals surface area contributed by atoms with Gasteiger partial charge in [-0.1, -0.05) is 18.2 Å². The van der Waals surface area contributed by atoms with E-state index in [2.05, 4.69) is 10.4 Å². The summed E-state index contributed by atoms with van der Waals surface area (Å²) in [6, 6.07) is 8.88. The highest BCUT2D eigenvalue weighted by Crippen LogP contribution is 2.46. The Kier molecular flexibility index (Phi) is 4.72. The normalized spacial score (nSPS) is 17.1. The first-order valence-electron chi connectivity index (χ1n) is 9.83. The van der Waals surface area contributed by atoms with Gasteiger partial charge in [-0.15, -0.1) is 0 Å². The van der Waals surface area contributed by atoms with E-state index in [1.165, 1.54) is 23.9 Å². The summed E-state index contributed by atoms with van der Waals surface area (Å²) >= 11 is 0. The van der Waals surface area contributed by atoms with E-state index in [-0.39, 0.29) is 37.1 Å². The lowest BCUT2D eigenvalue weighted by molar-refractivity contribution is -0.138. The molecule has 0 fully saturated rings. The first-order chi connectivity index (χ1) is 15.3. The molecule has 1 amide bonds. The fourth-order valence-corrected chi connectivity index (χ4v) is 4.13. The molecule has 3 aromatic rings. The van der Waals surface area contributed by atoms with E-state index in [1.54, 1.807) is 24.4 Å². The minimum absolute atomic E-state index is 0.0621. The molecule has 5 rings (SSSR count). The second-order valence-corrected chi connectivity index (χ2v) is 7.52. The summed E-state index contributed by atoms with van der Waals surface area (Å²) in [5.74, 6) is 1.24. The molecule has 0 bridgehead atoms. The SMILES string of the molecule is COc1cc(C2CC(=O)Nc3c2cnn3Cc2ccccc2C(F)(F)F)cc2c1OCO2. The van der Waals surface area contributed by atoms with E-state index < -0.39 is 11.7 Å². The number of nitrogens with one attached hydrogen (secondary N) is 1. The van der Waals surface area contributed by atoms with E-state index in [9.17, 15) is 18.0 Å². The summed E-state index contributed by atoms with van der Waals surface area (Å²) in [7, 11) is 1.51. The highest BCUT2D eigenvalue weighted by Gasteiger charge is 2.35. The Morgan fingerprint density at radius 3 is 2.84 bits per heavy atom. The third kappa shape index (κ3) is 3.41. The highest BCUT2D eigenvalue weighted by atomic mass is 19.4. The molecule has 2 aliphatic rings. The molecule has 1 unspecified atom stereocenters. The van der Waals surface area contributed by atoms with Crippen LogP contribution >= 0.6 is 0 Å². The molecule has 32 heavy (non-hydrogen) atoms. The molecule has 2 aromatic carbocycles. The number of hydrogen-bond acceptors (Lipinski definition) is 5. The molecule has 1 N–H and O–H groups in total. The number of ether oxygens (including phenoxy) is 3. The van der Waals surface area contributed by atoms with E-state index in [1.807, 2.05) is 0 Å². The Bertz CT molecular complexity index is 1210. The molecule has 0 spiro atoms. The van der Waals surface area contributed by atoms with Crippen LogP contribution in [-0.4, -0.2) is 29.6 Å². The van der Waals surface area contributed by atoms with Gasteiger partial charge < -0.3 is 19.5 Å². The molecule has 3 heterocycles. The highest BCUT2D eigenvalue weighted by molar-refractivity contribution is 5.94. The van der Waals surface area contributed by atoms with Crippen LogP contribution in [0, 0.1) is 0 Å². The number of carbonyl (C=O) groups is 1. The second-order valence-electron chi connectivity index (χ2n) is 7.52. The maximum absolute atomic E-state index is 13.4. The zero-order chi connectivity index (χ0) is 22.5. The van der Waals surface area contributed by atoms with Crippen molar-refractivity contribution in [3.63, 3.8) is 0 Å². The van der Waals surface area contributed by atoms with Crippen LogP contribution in [0.1, 0.15) is 34.6 Å². The maximum atomic E-state index is 13.4. The van der Waals surface area contributed by atoms with E-state index in [4.69, 9.17) is 14.2 Å². The lowest BCUT2D eigenvalue weighted by Gasteiger charge is -2.24. The molecule has 166 valence electrons. The van der Waals surface area contributed by atoms with Gasteiger partial charge in [0.2, 0.25) is 18.4 Å². The fourth-order valence-electron chi connectivity index (χ4n) is 4.13. The van der Waals surface area contributed by atoms with Crippen molar-refractivity contribution in [1.29, 1.82) is 0 Å². The molecular weight excluding hydrogens is 427 g/mol. The molecule has 2 aliphatic heterocycles. The van der Waals surface area contributed by atoms with Gasteiger partial charge in [0.05, 0.1) is 25.4 Å². The number of nitrogens with zero attached hydrogens (tertiary/aromatic N) is 2. The predicted octanol–water partition coefficient (Wildman–Crippen LogP) is 4.16. The number of alkyl halides is 3. The summed E-state index contributed by atoms with van der Waals surface area (Å²) in [6.07, 6.45) is -2.76. The number of fused-ring (bicyclic) bond motifs is 2. The third-order valence-corrected chi connectivity index (χ3v) is 5.62. The van der Waals surface area contributed by atoms with E-state index >= 15 is 0 Å². The number of benzene rings is 2. The van der Waals surface area contributed by atoms with Crippen LogP contribution < -0.4 is 19.5 Å². The minimum atomic E-state index is -4.49. The lowest BCUT2D eigenvalue weighted by Crippen LogP contribution is -2.25. The van der Waals surface area contributed by atoms with Gasteiger partial charge in [0.1, 0.15) is 5.82 Å². The molecular formula is C22H18F3N3O4. The summed E-state index contributed by atoms with van der Waals surface area (Å²) < 4.78 is 57.9. The van der Waals surface area contributed by atoms with Crippen LogP contribution in [0.2, 0.25) is 0 Å². The Morgan fingerprint density at radius 2 is 2.06 bits per heavy atom. The predicted molar refractivity (Wildman–Crippen MR) is 107 cm³/mol. The van der Waals surface area contributed by atoms with Crippen LogP contribution in [0.25, 0.3) is 0 Å². The second kappa shape index (κ2) is 7.47. The average Bonchev–Trinajstić information content (AvgIpc) is 3.39. The lowest BCUT2D eigenvalue weighted by atomic mass is 9.87. The van der Waals surface area contributed by atoms with Gasteiger partial charge in [-0.3, -0.25) is 4.79 Å². The van der Waals surface area contributed by atoms with Crippen molar-refractivity contribution >= 4 is 11.7 Å². The van der Waals surface area contributed by atoms with Crippen LogP contribution in [0.5, 0.6) is 17.2 Å². The molecule has 0 saturated carbocycles. The van der Waals surface area contributed by atoms with Gasteiger partial charge >= 0.3 is 6.18 Å². The molecule has 7 nitrogen and oxygen atoms in total. The Balaban J connectivity index is 1.54. The zero-order valence-electron chi connectivity index (χ0n) is 16.9. The quantitative estimate of drug-likeness (QED) is 0.653. The van der Waals surface area contributed by atoms with Crippen molar-refractivity contribution in [2.75, 3.05) is 19.2 Å². The smallest absolute Gasteiger partial charge is 0.416 e. The number of amides is 1. The number of halogens is 3. The van der Waals surface area contributed by atoms with Crippen molar-refractivity contribution in [2.45, 2.75) is 25.1 Å². The first kappa shape index (κ1) is 20.2. The van der Waals surface area contributed by atoms with Crippen LogP contribution in [0.15, 0.2) is 42.6 Å². The van der Waals surface area contributed by atoms with Gasteiger partial charge in [0.15, 0.2) is 11.5 Å². The third-order valence-electron chi connectivity index (χ3n) is 5.62. The monoisotopic (exact) mass is 445 g/mol. The minimum Gasteiger partial charge on any atom is -0.493 e. The van der Waals surface area contributed by atoms with Crippen molar-refractivity contribution in [2.24, 2.45) is 0 Å². The van der Waals surface area contributed by atoms with Gasteiger partial charge in [-0.2, -0.15) is 18.3 Å². The number of carbonyl (C=O) groups excluding carboxylic acids is 1. The van der Waals surface area contributed by atoms with Crippen molar-refractivity contribution in [3.05, 3.63) is 64.8 Å². The summed E-state index contributed by atoms with van der Waals surface area (Å²) in [4.78, 5) is 12.5. The number of rotatable bonds is 4. The maximum Gasteiger partial charge on any atom is 0.416 e. The van der Waals surface area contributed by atoms with Gasteiger partial charge in [-0.25, -0.2) is 4.68 Å². The zero-order valence-corrected chi connectivity index (χ0v) is 16.9. The number of aromatic nitrogens is 2. The Morgan fingerprint density at radius 1 is 1.25 bits per heavy atom. The summed E-state index contributed by atoms with van der Waals surface area (Å²) in [6.45, 7) is -0.0649. The first-order valence-corrected chi connectivity index (χ1v) is 9.83. The topological polar surface area (TPSA) is 74.6 Å². The van der Waals surface area contributed by atoms with Gasteiger partial charge in [0.25, 0.3) is 0 Å². The standard InChI is InChI=1S/C22H18F3N3O4/c1-30-17-6-13(7-18-20(17)32-11-31-18)14-8-19(29)27-21-15(14)9-26-28(21)10-12-4-2-3-5-16(12)22(23,24)25/h2-7,9,14H,8,10-11H2,1H3,(H,27,29). The largest absolute Gasteiger partial charge is 0.493 e. The van der Waals surface area contributed by atoms with Crippen molar-refractivity contribution in [3.8, 4) is 17.2 Å². The van der Waals surface area contributed by atoms with Gasteiger partial charge in [-0.05, 0) is 29.3 Å². The molecule has 10 heteroatoms. The summed E-state index contributed by atoms with van der Waals surface area (Å²) in [5, 5.41) is 7.05. The van der Waals surface area contributed by atoms with Crippen LogP contribution in [0.3, 0.4) is 0 Å². The average molecular weight is 445 g/mol. The van der Waals surface area contributed by atoms with E-state index in [0.717, 1.165) is 11.6 Å². The molecule has 0 aliphatic carbocycles. The molecule has 1 aromatic heterocycles. The van der Waals surface area contributed by atoms with Gasteiger partial charge in [0, 0.05) is 17.9 Å². The number of hydrogen-bond donors (Lipinski definition) is 1. The molecule has 0 radical (unpaired) electrons. The number of anilines is 1. The van der Waals surface area contributed by atoms with Crippen molar-refractivity contribution in [1.82, 2.24) is 9.78 Å². The fraction of sp³-hybridized carbons (Fsp3) is 0.273.